The van der Waals surface area contributed by atoms with Crippen LogP contribution in [0.5, 0.6) is 0 Å². The van der Waals surface area contributed by atoms with Crippen molar-refractivity contribution in [2.75, 3.05) is 13.1 Å². The van der Waals surface area contributed by atoms with Crippen molar-refractivity contribution >= 4 is 18.1 Å². The maximum atomic E-state index is 13.8. The number of nitrogens with zero attached hydrogens (tertiary/aromatic N) is 1. The van der Waals surface area contributed by atoms with Gasteiger partial charge >= 0.3 is 12.2 Å². The van der Waals surface area contributed by atoms with Crippen molar-refractivity contribution in [2.45, 2.75) is 96.0 Å². The zero-order valence-electron chi connectivity index (χ0n) is 21.2. The second-order valence-electron chi connectivity index (χ2n) is 10.8. The van der Waals surface area contributed by atoms with Crippen LogP contribution in [-0.4, -0.2) is 58.1 Å². The Labute approximate surface area is 207 Å². The van der Waals surface area contributed by atoms with Crippen LogP contribution in [0.4, 0.5) is 9.59 Å². The van der Waals surface area contributed by atoms with Crippen LogP contribution >= 0.6 is 0 Å². The molecule has 9 heteroatoms. The fraction of sp³-hybridized carbons (Fsp3) is 0.654. The molecule has 3 N–H and O–H groups in total. The molecule has 3 amide bonds. The third-order valence-electron chi connectivity index (χ3n) is 6.60. The fourth-order valence-corrected chi connectivity index (χ4v) is 4.82. The van der Waals surface area contributed by atoms with Gasteiger partial charge in [-0.2, -0.15) is 10.2 Å². The molecule has 2 aliphatic rings. The predicted octanol–water partition coefficient (Wildman–Crippen LogP) is 3.94. The van der Waals surface area contributed by atoms with Crippen molar-refractivity contribution < 1.29 is 33.6 Å². The summed E-state index contributed by atoms with van der Waals surface area (Å²) in [5.74, 6) is -0.450. The van der Waals surface area contributed by atoms with Gasteiger partial charge < -0.3 is 19.9 Å². The van der Waals surface area contributed by atoms with Crippen molar-refractivity contribution in [3.05, 3.63) is 35.9 Å². The quantitative estimate of drug-likeness (QED) is 0.551. The zero-order valence-corrected chi connectivity index (χ0v) is 21.2. The Morgan fingerprint density at radius 1 is 1.06 bits per heavy atom. The summed E-state index contributed by atoms with van der Waals surface area (Å²) in [6, 6.07) is 9.32. The lowest BCUT2D eigenvalue weighted by Crippen LogP contribution is -2.71. The molecule has 3 rings (SSSR count). The molecule has 1 aromatic carbocycles. The van der Waals surface area contributed by atoms with Crippen LogP contribution in [0.3, 0.4) is 0 Å². The van der Waals surface area contributed by atoms with Gasteiger partial charge in [0.1, 0.15) is 36.9 Å². The van der Waals surface area contributed by atoms with E-state index in [-0.39, 0.29) is 13.2 Å². The third kappa shape index (κ3) is 7.41. The number of quaternary nitrogens is 1. The lowest BCUT2D eigenvalue weighted by Gasteiger charge is -2.40. The maximum Gasteiger partial charge on any atom is 0.541 e. The van der Waals surface area contributed by atoms with E-state index < -0.39 is 39.9 Å². The lowest BCUT2D eigenvalue weighted by molar-refractivity contribution is -0.895. The predicted molar refractivity (Wildman–Crippen MR) is 130 cm³/mol. The van der Waals surface area contributed by atoms with Gasteiger partial charge in [-0.05, 0) is 58.4 Å². The van der Waals surface area contributed by atoms with Gasteiger partial charge in [-0.15, -0.1) is 4.59 Å². The molecule has 2 atom stereocenters. The molecule has 1 saturated carbocycles. The molecular weight excluding hydrogens is 450 g/mol. The van der Waals surface area contributed by atoms with E-state index in [1.54, 1.807) is 20.8 Å². The Balaban J connectivity index is 1.82. The van der Waals surface area contributed by atoms with E-state index in [9.17, 15) is 19.5 Å². The van der Waals surface area contributed by atoms with Crippen molar-refractivity contribution in [1.82, 2.24) is 10.7 Å². The van der Waals surface area contributed by atoms with Gasteiger partial charge in [0.15, 0.2) is 0 Å². The molecule has 1 aromatic rings. The second kappa shape index (κ2) is 11.4. The monoisotopic (exact) mass is 490 g/mol. The summed E-state index contributed by atoms with van der Waals surface area (Å²) in [5, 5.41) is 13.4. The number of ether oxygens (including phenoxy) is 2. The van der Waals surface area contributed by atoms with Crippen LogP contribution < -0.4 is 10.7 Å². The minimum Gasteiger partial charge on any atom is -0.444 e. The van der Waals surface area contributed by atoms with Gasteiger partial charge in [-0.25, -0.2) is 4.79 Å². The number of hydrogen-bond acceptors (Lipinski definition) is 6. The maximum absolute atomic E-state index is 13.8. The van der Waals surface area contributed by atoms with E-state index in [1.165, 1.54) is 0 Å². The smallest absolute Gasteiger partial charge is 0.444 e. The molecule has 1 aliphatic carbocycles. The number of nitrogens with one attached hydrogen (secondary N) is 2. The highest BCUT2D eigenvalue weighted by molar-refractivity contribution is 5.90. The highest BCUT2D eigenvalue weighted by Crippen LogP contribution is 2.30. The van der Waals surface area contributed by atoms with E-state index in [1.807, 2.05) is 30.3 Å². The standard InChI is InChI=1S/C26H39N3O6/c1-25(2,3)35-23(32)27-26(15-9-5-10-16-26)22(31)28-29(17-11-8-14-21(30)18-29)24(33)34-19-20-12-6-4-7-13-20/h4,6-7,12-13,21,30H,5,8-11,14-19H2,1-3H3,(H-,27,28,31,32)/p+1. The lowest BCUT2D eigenvalue weighted by atomic mass is 9.81. The van der Waals surface area contributed by atoms with Crippen LogP contribution in [0.25, 0.3) is 0 Å². The summed E-state index contributed by atoms with van der Waals surface area (Å²) in [6.07, 6.45) is 3.27. The zero-order chi connectivity index (χ0) is 25.5. The summed E-state index contributed by atoms with van der Waals surface area (Å²) in [7, 11) is 0. The Hall–Kier alpha value is -2.65. The van der Waals surface area contributed by atoms with Crippen molar-refractivity contribution in [2.24, 2.45) is 0 Å². The van der Waals surface area contributed by atoms with E-state index in [4.69, 9.17) is 9.47 Å². The number of carbonyl (C=O) groups excluding carboxylic acids is 3. The Morgan fingerprint density at radius 2 is 1.74 bits per heavy atom. The molecule has 1 saturated heterocycles. The van der Waals surface area contributed by atoms with Crippen LogP contribution in [-0.2, 0) is 20.9 Å². The molecule has 194 valence electrons. The minimum absolute atomic E-state index is 0.0158. The first-order valence-corrected chi connectivity index (χ1v) is 12.6. The van der Waals surface area contributed by atoms with Gasteiger partial charge in [0, 0.05) is 0 Å². The van der Waals surface area contributed by atoms with Gasteiger partial charge in [0.25, 0.3) is 5.91 Å². The van der Waals surface area contributed by atoms with Crippen LogP contribution in [0.1, 0.15) is 77.7 Å². The van der Waals surface area contributed by atoms with Crippen LogP contribution in [0.15, 0.2) is 30.3 Å². The van der Waals surface area contributed by atoms with Crippen molar-refractivity contribution in [1.29, 1.82) is 0 Å². The number of aliphatic hydroxyl groups is 1. The first-order chi connectivity index (χ1) is 16.5. The van der Waals surface area contributed by atoms with Gasteiger partial charge in [-0.1, -0.05) is 49.6 Å². The molecule has 1 aliphatic heterocycles. The number of likely N-dealkylation sites (tertiary alicyclic amines) is 1. The summed E-state index contributed by atoms with van der Waals surface area (Å²) in [5.41, 5.74) is 1.84. The molecule has 9 nitrogen and oxygen atoms in total. The van der Waals surface area contributed by atoms with Crippen molar-refractivity contribution in [3.63, 3.8) is 0 Å². The highest BCUT2D eigenvalue weighted by atomic mass is 16.6. The summed E-state index contributed by atoms with van der Waals surface area (Å²) in [6.45, 7) is 5.68. The Morgan fingerprint density at radius 3 is 2.40 bits per heavy atom. The number of carbonyl (C=O) groups is 3. The Bertz CT molecular complexity index is 879. The number of amides is 3. The van der Waals surface area contributed by atoms with Crippen LogP contribution in [0, 0.1) is 0 Å². The van der Waals surface area contributed by atoms with Crippen molar-refractivity contribution in [3.8, 4) is 0 Å². The van der Waals surface area contributed by atoms with Gasteiger partial charge in [-0.3, -0.25) is 4.79 Å². The fourth-order valence-electron chi connectivity index (χ4n) is 4.82. The Kier molecular flexibility index (Phi) is 8.77. The average molecular weight is 491 g/mol. The molecule has 0 bridgehead atoms. The van der Waals surface area contributed by atoms with Gasteiger partial charge in [0.05, 0.1) is 0 Å². The first kappa shape index (κ1) is 26.9. The largest absolute Gasteiger partial charge is 0.541 e. The number of rotatable bonds is 4. The summed E-state index contributed by atoms with van der Waals surface area (Å²) >= 11 is 0. The van der Waals surface area contributed by atoms with E-state index in [0.29, 0.717) is 32.2 Å². The molecule has 0 radical (unpaired) electrons. The topological polar surface area (TPSA) is 114 Å². The molecule has 0 aromatic heterocycles. The SMILES string of the molecule is CC(C)(C)OC(=O)NC1(C(=O)N[N+]2(C(=O)OCc3ccccc3)CCCCC(O)C2)CCCCC1. The third-order valence-corrected chi connectivity index (χ3v) is 6.60. The van der Waals surface area contributed by atoms with Gasteiger partial charge in [0.2, 0.25) is 0 Å². The number of alkyl carbamates (subject to hydrolysis) is 1. The molecule has 0 spiro atoms. The normalized spacial score (nSPS) is 24.5. The molecule has 2 unspecified atom stereocenters. The molecule has 2 fully saturated rings. The average Bonchev–Trinajstić information content (AvgIpc) is 2.99. The number of benzene rings is 1. The molecular formula is C26H40N3O6+. The summed E-state index contributed by atoms with van der Waals surface area (Å²) < 4.78 is 10.6. The van der Waals surface area contributed by atoms with Crippen LogP contribution in [0.2, 0.25) is 0 Å². The first-order valence-electron chi connectivity index (χ1n) is 12.6. The summed E-state index contributed by atoms with van der Waals surface area (Å²) in [4.78, 5) is 39.9. The highest BCUT2D eigenvalue weighted by Gasteiger charge is 2.50. The minimum atomic E-state index is -1.19. The molecule has 1 heterocycles. The van der Waals surface area contributed by atoms with E-state index in [0.717, 1.165) is 31.2 Å². The number of aliphatic hydroxyl groups excluding tert-OH is 1. The van der Waals surface area contributed by atoms with E-state index >= 15 is 0 Å². The second-order valence-corrected chi connectivity index (χ2v) is 10.8. The van der Waals surface area contributed by atoms with E-state index in [2.05, 4.69) is 10.7 Å². The molecule has 35 heavy (non-hydrogen) atoms. The number of hydrogen-bond donors (Lipinski definition) is 3.